The van der Waals surface area contributed by atoms with E-state index in [1.54, 1.807) is 0 Å². The molecular weight excluding hydrogens is 524 g/mol. The summed E-state index contributed by atoms with van der Waals surface area (Å²) in [6, 6.07) is 17.1. The molecule has 41 heavy (non-hydrogen) atoms. The lowest BCUT2D eigenvalue weighted by Gasteiger charge is -2.24. The number of hydrogen-bond donors (Lipinski definition) is 2. The Kier molecular flexibility index (Phi) is 11.9. The van der Waals surface area contributed by atoms with Crippen LogP contribution in [0.3, 0.4) is 0 Å². The second-order valence-corrected chi connectivity index (χ2v) is 10.9. The quantitative estimate of drug-likeness (QED) is 0.259. The van der Waals surface area contributed by atoms with Crippen molar-refractivity contribution < 1.29 is 23.5 Å². The van der Waals surface area contributed by atoms with Crippen LogP contribution in [0.5, 0.6) is 0 Å². The third-order valence-corrected chi connectivity index (χ3v) is 6.36. The molecule has 1 heterocycles. The van der Waals surface area contributed by atoms with Crippen molar-refractivity contribution in [2.24, 2.45) is 11.8 Å². The fourth-order valence-corrected chi connectivity index (χ4v) is 4.36. The first-order chi connectivity index (χ1) is 19.6. The third-order valence-electron chi connectivity index (χ3n) is 6.36. The molecule has 2 amide bonds. The smallest absolute Gasteiger partial charge is 0.437 e. The van der Waals surface area contributed by atoms with Gasteiger partial charge in [-0.25, -0.2) is 9.59 Å². The lowest BCUT2D eigenvalue weighted by atomic mass is 9.98. The van der Waals surface area contributed by atoms with Crippen LogP contribution in [0, 0.1) is 11.8 Å². The second kappa shape index (κ2) is 15.5. The van der Waals surface area contributed by atoms with Gasteiger partial charge in [0.25, 0.3) is 5.89 Å². The first kappa shape index (κ1) is 31.3. The van der Waals surface area contributed by atoms with Crippen LogP contribution in [-0.4, -0.2) is 39.6 Å². The molecule has 0 radical (unpaired) electrons. The molecule has 2 N–H and O–H groups in total. The summed E-state index contributed by atoms with van der Waals surface area (Å²) in [6.45, 7) is 8.02. The maximum Gasteiger partial charge on any atom is 0.437 e. The average molecular weight is 565 g/mol. The molecule has 1 aromatic heterocycles. The molecule has 0 bridgehead atoms. The van der Waals surface area contributed by atoms with E-state index in [2.05, 4.69) is 15.7 Å². The number of nitrogens with one attached hydrogen (secondary N) is 2. The van der Waals surface area contributed by atoms with Gasteiger partial charge in [0.2, 0.25) is 11.7 Å². The molecule has 0 aliphatic heterocycles. The Labute approximate surface area is 240 Å². The Morgan fingerprint density at radius 3 is 2.05 bits per heavy atom. The minimum atomic E-state index is -0.991. The lowest BCUT2D eigenvalue weighted by molar-refractivity contribution is -0.124. The summed E-state index contributed by atoms with van der Waals surface area (Å²) >= 11 is 0. The van der Waals surface area contributed by atoms with Crippen molar-refractivity contribution in [3.8, 4) is 0 Å². The van der Waals surface area contributed by atoms with Crippen molar-refractivity contribution in [2.45, 2.75) is 78.6 Å². The van der Waals surface area contributed by atoms with Gasteiger partial charge in [0.15, 0.2) is 0 Å². The van der Waals surface area contributed by atoms with Gasteiger partial charge < -0.3 is 19.8 Å². The number of carbonyl (C=O) groups excluding carboxylic acids is 3. The summed E-state index contributed by atoms with van der Waals surface area (Å²) in [7, 11) is 0. The fraction of sp³-hybridized carbons (Fsp3) is 0.452. The van der Waals surface area contributed by atoms with Gasteiger partial charge >= 0.3 is 11.8 Å². The molecule has 3 rings (SSSR count). The van der Waals surface area contributed by atoms with Gasteiger partial charge in [0.05, 0.1) is 6.04 Å². The van der Waals surface area contributed by atoms with Crippen LogP contribution >= 0.6 is 0 Å². The number of carbonyl (C=O) groups is 3. The molecule has 2 atom stereocenters. The Balaban J connectivity index is 1.65. The van der Waals surface area contributed by atoms with Gasteiger partial charge in [-0.2, -0.15) is 4.68 Å². The Morgan fingerprint density at radius 2 is 1.44 bits per heavy atom. The van der Waals surface area contributed by atoms with E-state index < -0.39 is 35.6 Å². The number of nitrogens with zero attached hydrogens (tertiary/aromatic N) is 2. The summed E-state index contributed by atoms with van der Waals surface area (Å²) < 4.78 is 11.6. The van der Waals surface area contributed by atoms with E-state index >= 15 is 0 Å². The molecule has 220 valence electrons. The number of aromatic nitrogens is 2. The molecule has 0 saturated carbocycles. The van der Waals surface area contributed by atoms with Crippen LogP contribution in [-0.2, 0) is 29.1 Å². The van der Waals surface area contributed by atoms with E-state index in [0.29, 0.717) is 19.3 Å². The Hall–Kier alpha value is -4.21. The number of hydrogen-bond acceptors (Lipinski definition) is 7. The molecular formula is C31H40N4O6. The van der Waals surface area contributed by atoms with Gasteiger partial charge in [-0.1, -0.05) is 88.4 Å². The largest absolute Gasteiger partial charge is 0.445 e. The minimum absolute atomic E-state index is 0.0382. The first-order valence-electron chi connectivity index (χ1n) is 14.1. The van der Waals surface area contributed by atoms with E-state index in [9.17, 15) is 19.2 Å². The van der Waals surface area contributed by atoms with Crippen LogP contribution in [0.1, 0.15) is 68.8 Å². The molecule has 2 aromatic carbocycles. The summed E-state index contributed by atoms with van der Waals surface area (Å²) in [5, 5.41) is 9.50. The summed E-state index contributed by atoms with van der Waals surface area (Å²) in [5.41, 5.74) is 1.95. The predicted molar refractivity (Wildman–Crippen MR) is 154 cm³/mol. The van der Waals surface area contributed by atoms with Crippen LogP contribution in [0.15, 0.2) is 69.9 Å². The number of benzene rings is 2. The van der Waals surface area contributed by atoms with E-state index in [0.717, 1.165) is 22.2 Å². The molecule has 10 heteroatoms. The molecule has 3 aromatic rings. The van der Waals surface area contributed by atoms with Crippen LogP contribution in [0.4, 0.5) is 4.79 Å². The van der Waals surface area contributed by atoms with Gasteiger partial charge in [-0.3, -0.25) is 9.59 Å². The zero-order valence-corrected chi connectivity index (χ0v) is 24.2. The van der Waals surface area contributed by atoms with Crippen molar-refractivity contribution >= 4 is 17.8 Å². The molecule has 0 aliphatic rings. The van der Waals surface area contributed by atoms with Crippen molar-refractivity contribution in [3.05, 3.63) is 88.2 Å². The number of alkyl carbamates (subject to hydrolysis) is 1. The minimum Gasteiger partial charge on any atom is -0.445 e. The topological polar surface area (TPSA) is 133 Å². The zero-order valence-electron chi connectivity index (χ0n) is 24.2. The summed E-state index contributed by atoms with van der Waals surface area (Å²) in [6.07, 6.45) is 1.27. The molecule has 0 fully saturated rings. The van der Waals surface area contributed by atoms with Gasteiger partial charge in [-0.15, -0.1) is 5.10 Å². The Morgan fingerprint density at radius 1 is 0.854 bits per heavy atom. The van der Waals surface area contributed by atoms with E-state index in [1.165, 1.54) is 0 Å². The molecule has 0 aliphatic carbocycles. The Bertz CT molecular complexity index is 1320. The average Bonchev–Trinajstić information content (AvgIpc) is 3.31. The standard InChI is InChI=1S/C31H40N4O6/c1-21(2)18-25(27(36)29-34-35(31(39)41-29)17-11-16-23-12-7-5-8-13-23)32-28(37)26(19-22(3)4)33-30(38)40-20-24-14-9-6-10-15-24/h5-10,12-15,21-22,25-26H,11,16-20H2,1-4H3,(H,32,37)(H,33,38)/t25-,26-/m0/s1. The van der Waals surface area contributed by atoms with Gasteiger partial charge in [-0.05, 0) is 48.6 Å². The summed E-state index contributed by atoms with van der Waals surface area (Å²) in [5.74, 6) is -2.09. The highest BCUT2D eigenvalue weighted by Crippen LogP contribution is 2.13. The van der Waals surface area contributed by atoms with Crippen molar-refractivity contribution in [1.82, 2.24) is 20.4 Å². The number of rotatable bonds is 15. The molecule has 0 saturated heterocycles. The maximum absolute atomic E-state index is 13.4. The van der Waals surface area contributed by atoms with Crippen LogP contribution in [0.25, 0.3) is 0 Å². The second-order valence-electron chi connectivity index (χ2n) is 10.9. The molecule has 0 spiro atoms. The first-order valence-corrected chi connectivity index (χ1v) is 14.1. The van der Waals surface area contributed by atoms with Gasteiger partial charge in [0.1, 0.15) is 12.6 Å². The van der Waals surface area contributed by atoms with Gasteiger partial charge in [0, 0.05) is 6.54 Å². The number of ether oxygens (including phenoxy) is 1. The van der Waals surface area contributed by atoms with E-state index in [4.69, 9.17) is 9.15 Å². The number of ketones is 1. The summed E-state index contributed by atoms with van der Waals surface area (Å²) in [4.78, 5) is 51.6. The van der Waals surface area contributed by atoms with Crippen molar-refractivity contribution in [1.29, 1.82) is 0 Å². The number of aryl methyl sites for hydroxylation is 2. The van der Waals surface area contributed by atoms with Crippen molar-refractivity contribution in [2.75, 3.05) is 0 Å². The van der Waals surface area contributed by atoms with E-state index in [1.807, 2.05) is 88.4 Å². The lowest BCUT2D eigenvalue weighted by Crippen LogP contribution is -2.52. The SMILES string of the molecule is CC(C)C[C@H](NC(=O)OCc1ccccc1)C(=O)N[C@@H](CC(C)C)C(=O)c1nn(CCCc2ccccc2)c(=O)o1. The number of Topliss-reactive ketones (excluding diaryl/α,β-unsaturated/α-hetero) is 1. The maximum atomic E-state index is 13.4. The van der Waals surface area contributed by atoms with Crippen molar-refractivity contribution in [3.63, 3.8) is 0 Å². The monoisotopic (exact) mass is 564 g/mol. The molecule has 0 unspecified atom stereocenters. The highest BCUT2D eigenvalue weighted by atomic mass is 16.5. The zero-order chi connectivity index (χ0) is 29.8. The van der Waals surface area contributed by atoms with Crippen LogP contribution < -0.4 is 16.4 Å². The van der Waals surface area contributed by atoms with Crippen LogP contribution in [0.2, 0.25) is 0 Å². The highest BCUT2D eigenvalue weighted by molar-refractivity contribution is 5.99. The highest BCUT2D eigenvalue weighted by Gasteiger charge is 2.31. The fourth-order valence-electron chi connectivity index (χ4n) is 4.36. The normalized spacial score (nSPS) is 12.6. The predicted octanol–water partition coefficient (Wildman–Crippen LogP) is 4.52. The molecule has 10 nitrogen and oxygen atoms in total. The number of amides is 2. The third kappa shape index (κ3) is 10.4. The van der Waals surface area contributed by atoms with E-state index in [-0.39, 0.29) is 30.9 Å².